The van der Waals surface area contributed by atoms with Crippen molar-refractivity contribution in [3.05, 3.63) is 83.1 Å². The Balaban J connectivity index is 1.50. The summed E-state index contributed by atoms with van der Waals surface area (Å²) in [5.74, 6) is 1.29. The molecule has 41 heavy (non-hydrogen) atoms. The van der Waals surface area contributed by atoms with Crippen molar-refractivity contribution in [1.29, 1.82) is 0 Å². The second-order valence-corrected chi connectivity index (χ2v) is 17.1. The summed E-state index contributed by atoms with van der Waals surface area (Å²) < 4.78 is 8.69. The molecule has 214 valence electrons. The van der Waals surface area contributed by atoms with Gasteiger partial charge in [0.1, 0.15) is 5.82 Å². The molecule has 1 amide bonds. The van der Waals surface area contributed by atoms with E-state index in [9.17, 15) is 4.79 Å². The number of nitrogens with one attached hydrogen (secondary N) is 1. The van der Waals surface area contributed by atoms with Crippen LogP contribution in [0.5, 0.6) is 0 Å². The molecular formula is C31H37ClN6O2Si. The lowest BCUT2D eigenvalue weighted by Gasteiger charge is -2.42. The number of benzene rings is 2. The Hall–Kier alpha value is -3.53. The molecular weight excluding hydrogens is 552 g/mol. The second kappa shape index (κ2) is 11.4. The van der Waals surface area contributed by atoms with Crippen molar-refractivity contribution in [2.45, 2.75) is 57.8 Å². The predicted molar refractivity (Wildman–Crippen MR) is 167 cm³/mol. The van der Waals surface area contributed by atoms with Crippen LogP contribution < -0.4 is 10.2 Å². The van der Waals surface area contributed by atoms with Gasteiger partial charge in [-0.1, -0.05) is 56.6 Å². The molecule has 0 bridgehead atoms. The summed E-state index contributed by atoms with van der Waals surface area (Å²) >= 11 is 6.39. The van der Waals surface area contributed by atoms with Crippen LogP contribution in [-0.2, 0) is 22.7 Å². The molecule has 1 aliphatic rings. The first-order valence-corrected chi connectivity index (χ1v) is 17.2. The van der Waals surface area contributed by atoms with Gasteiger partial charge < -0.3 is 14.6 Å². The van der Waals surface area contributed by atoms with Crippen LogP contribution in [0.4, 0.5) is 17.5 Å². The number of anilines is 3. The minimum absolute atomic E-state index is 0.0163. The molecule has 10 heteroatoms. The highest BCUT2D eigenvalue weighted by atomic mass is 35.5. The van der Waals surface area contributed by atoms with Gasteiger partial charge in [0.05, 0.1) is 24.4 Å². The Morgan fingerprint density at radius 2 is 1.90 bits per heavy atom. The first-order valence-electron chi connectivity index (χ1n) is 13.9. The molecule has 0 aliphatic carbocycles. The maximum Gasteiger partial charge on any atom is 0.231 e. The standard InChI is InChI=1S/C31H37ClN6O2Si/c1-31(2,3)41(5,6)40-27-15-18-38(29(39)20-21-9-7-8-10-24(21)32)26-12-11-22(19-23(26)27)25-13-16-33-30(35-25)36-28-14-17-34-37(28)4/h7-14,16-17,19,27H,15,18,20H2,1-6H3,(H,33,35,36). The van der Waals surface area contributed by atoms with Crippen molar-refractivity contribution < 1.29 is 9.22 Å². The van der Waals surface area contributed by atoms with Crippen molar-refractivity contribution in [3.8, 4) is 11.3 Å². The van der Waals surface area contributed by atoms with Gasteiger partial charge in [-0.3, -0.25) is 9.48 Å². The Morgan fingerprint density at radius 3 is 2.61 bits per heavy atom. The highest BCUT2D eigenvalue weighted by Crippen LogP contribution is 2.45. The number of carbonyl (C=O) groups excluding carboxylic acids is 1. The lowest BCUT2D eigenvalue weighted by Crippen LogP contribution is -2.44. The number of carbonyl (C=O) groups is 1. The number of hydrogen-bond donors (Lipinski definition) is 1. The Kier molecular flexibility index (Phi) is 8.05. The summed E-state index contributed by atoms with van der Waals surface area (Å²) in [4.78, 5) is 24.7. The molecule has 0 spiro atoms. The SMILES string of the molecule is Cn1nccc1Nc1nccc(-c2ccc3c(c2)C(O[Si](C)(C)C(C)(C)C)CCN3C(=O)Cc2ccccc2Cl)n1. The Morgan fingerprint density at radius 1 is 1.12 bits per heavy atom. The van der Waals surface area contributed by atoms with Crippen molar-refractivity contribution in [2.24, 2.45) is 7.05 Å². The molecule has 5 rings (SSSR count). The van der Waals surface area contributed by atoms with E-state index in [0.717, 1.165) is 33.9 Å². The van der Waals surface area contributed by atoms with Crippen molar-refractivity contribution >= 4 is 43.3 Å². The van der Waals surface area contributed by atoms with E-state index >= 15 is 0 Å². The van der Waals surface area contributed by atoms with E-state index in [-0.39, 0.29) is 23.5 Å². The van der Waals surface area contributed by atoms with E-state index in [0.29, 0.717) is 23.9 Å². The fourth-order valence-electron chi connectivity index (χ4n) is 4.74. The number of fused-ring (bicyclic) bond motifs is 1. The number of amides is 1. The summed E-state index contributed by atoms with van der Waals surface area (Å²) in [6.45, 7) is 11.9. The van der Waals surface area contributed by atoms with Crippen LogP contribution in [0.1, 0.15) is 44.4 Å². The third-order valence-electron chi connectivity index (χ3n) is 8.14. The van der Waals surface area contributed by atoms with Gasteiger partial charge in [0, 0.05) is 47.7 Å². The van der Waals surface area contributed by atoms with Gasteiger partial charge in [0.25, 0.3) is 0 Å². The van der Waals surface area contributed by atoms with E-state index in [1.165, 1.54) is 0 Å². The molecule has 1 unspecified atom stereocenters. The number of halogens is 1. The fourth-order valence-corrected chi connectivity index (χ4v) is 6.26. The van der Waals surface area contributed by atoms with Crippen molar-refractivity contribution in [1.82, 2.24) is 19.7 Å². The monoisotopic (exact) mass is 588 g/mol. The number of aryl methyl sites for hydroxylation is 1. The lowest BCUT2D eigenvalue weighted by atomic mass is 9.95. The molecule has 0 radical (unpaired) electrons. The third kappa shape index (κ3) is 6.22. The number of rotatable bonds is 7. The predicted octanol–water partition coefficient (Wildman–Crippen LogP) is 7.32. The zero-order valence-corrected chi connectivity index (χ0v) is 26.2. The van der Waals surface area contributed by atoms with E-state index < -0.39 is 8.32 Å². The number of nitrogens with zero attached hydrogens (tertiary/aromatic N) is 5. The molecule has 0 saturated heterocycles. The summed E-state index contributed by atoms with van der Waals surface area (Å²) in [6.07, 6.45) is 4.29. The third-order valence-corrected chi connectivity index (χ3v) is 13.0. The molecule has 4 aromatic rings. The van der Waals surface area contributed by atoms with Crippen LogP contribution in [-0.4, -0.2) is 40.5 Å². The smallest absolute Gasteiger partial charge is 0.231 e. The van der Waals surface area contributed by atoms with Crippen molar-refractivity contribution in [2.75, 3.05) is 16.8 Å². The van der Waals surface area contributed by atoms with Gasteiger partial charge in [0.2, 0.25) is 11.9 Å². The zero-order chi connectivity index (χ0) is 29.4. The first-order chi connectivity index (χ1) is 19.4. The Bertz CT molecular complexity index is 1560. The minimum atomic E-state index is -2.09. The van der Waals surface area contributed by atoms with Crippen LogP contribution >= 0.6 is 11.6 Å². The molecule has 8 nitrogen and oxygen atoms in total. The average Bonchev–Trinajstić information content (AvgIpc) is 3.33. The molecule has 1 atom stereocenters. The molecule has 1 N–H and O–H groups in total. The van der Waals surface area contributed by atoms with E-state index in [1.807, 2.05) is 60.5 Å². The van der Waals surface area contributed by atoms with Crippen LogP contribution in [0.25, 0.3) is 11.3 Å². The zero-order valence-electron chi connectivity index (χ0n) is 24.5. The second-order valence-electron chi connectivity index (χ2n) is 12.0. The van der Waals surface area contributed by atoms with E-state index in [1.54, 1.807) is 17.1 Å². The summed E-state index contributed by atoms with van der Waals surface area (Å²) in [7, 11) is -0.233. The average molecular weight is 589 g/mol. The molecule has 0 saturated carbocycles. The van der Waals surface area contributed by atoms with E-state index in [2.05, 4.69) is 55.3 Å². The van der Waals surface area contributed by atoms with Crippen molar-refractivity contribution in [3.63, 3.8) is 0 Å². The van der Waals surface area contributed by atoms with Gasteiger partial charge in [-0.05, 0) is 54.4 Å². The quantitative estimate of drug-likeness (QED) is 0.228. The van der Waals surface area contributed by atoms with Crippen LogP contribution in [0, 0.1) is 0 Å². The normalized spacial score (nSPS) is 15.5. The highest BCUT2D eigenvalue weighted by molar-refractivity contribution is 6.74. The van der Waals surface area contributed by atoms with Gasteiger partial charge in [-0.15, -0.1) is 0 Å². The van der Waals surface area contributed by atoms with Crippen LogP contribution in [0.15, 0.2) is 67.0 Å². The molecule has 3 heterocycles. The molecule has 2 aromatic carbocycles. The topological polar surface area (TPSA) is 85.2 Å². The maximum atomic E-state index is 13.6. The van der Waals surface area contributed by atoms with Gasteiger partial charge >= 0.3 is 0 Å². The molecule has 1 aliphatic heterocycles. The lowest BCUT2D eigenvalue weighted by molar-refractivity contribution is -0.118. The van der Waals surface area contributed by atoms with Gasteiger partial charge in [-0.25, -0.2) is 9.97 Å². The minimum Gasteiger partial charge on any atom is -0.410 e. The Labute approximate surface area is 247 Å². The number of aromatic nitrogens is 4. The summed E-state index contributed by atoms with van der Waals surface area (Å²) in [5, 5.41) is 8.08. The van der Waals surface area contributed by atoms with Crippen LogP contribution in [0.3, 0.4) is 0 Å². The number of hydrogen-bond acceptors (Lipinski definition) is 6. The van der Waals surface area contributed by atoms with Gasteiger partial charge in [0.15, 0.2) is 8.32 Å². The largest absolute Gasteiger partial charge is 0.410 e. The fraction of sp³-hybridized carbons (Fsp3) is 0.355. The van der Waals surface area contributed by atoms with E-state index in [4.69, 9.17) is 21.0 Å². The van der Waals surface area contributed by atoms with Crippen LogP contribution in [0.2, 0.25) is 23.2 Å². The highest BCUT2D eigenvalue weighted by Gasteiger charge is 2.41. The molecule has 0 fully saturated rings. The molecule has 2 aromatic heterocycles. The first kappa shape index (κ1) is 29.0. The summed E-state index contributed by atoms with van der Waals surface area (Å²) in [5.41, 5.74) is 4.42. The van der Waals surface area contributed by atoms with Gasteiger partial charge in [-0.2, -0.15) is 5.10 Å². The summed E-state index contributed by atoms with van der Waals surface area (Å²) in [6, 6.07) is 17.4. The maximum absolute atomic E-state index is 13.6.